The van der Waals surface area contributed by atoms with Crippen LogP contribution < -0.4 is 5.73 Å². The minimum atomic E-state index is 0. The summed E-state index contributed by atoms with van der Waals surface area (Å²) in [4.78, 5) is 2.08. The molecule has 100 valence electrons. The van der Waals surface area contributed by atoms with Crippen LogP contribution in [0.15, 0.2) is 0 Å². The highest BCUT2D eigenvalue weighted by molar-refractivity contribution is 5.85. The van der Waals surface area contributed by atoms with Crippen molar-refractivity contribution in [1.82, 2.24) is 4.90 Å². The van der Waals surface area contributed by atoms with Gasteiger partial charge in [-0.1, -0.05) is 0 Å². The van der Waals surface area contributed by atoms with Crippen LogP contribution in [-0.4, -0.2) is 71.7 Å². The topological polar surface area (TPSA) is 57.0 Å². The van der Waals surface area contributed by atoms with Crippen molar-refractivity contribution in [2.45, 2.75) is 0 Å². The lowest BCUT2D eigenvalue weighted by molar-refractivity contribution is 0.0137. The average Bonchev–Trinajstić information content (AvgIpc) is 2.20. The Balaban J connectivity index is 0. The maximum atomic E-state index is 5.34. The van der Waals surface area contributed by atoms with Crippen molar-refractivity contribution in [3.05, 3.63) is 0 Å². The van der Waals surface area contributed by atoms with Crippen molar-refractivity contribution < 1.29 is 14.2 Å². The second-order valence-corrected chi connectivity index (χ2v) is 3.43. The molecule has 0 amide bonds. The molecule has 0 bridgehead atoms. The molecule has 0 saturated carbocycles. The summed E-state index contributed by atoms with van der Waals surface area (Å²) in [6, 6.07) is 0. The lowest BCUT2D eigenvalue weighted by Crippen LogP contribution is -2.19. The number of nitrogens with zero attached hydrogens (tertiary/aromatic N) is 1. The molecular weight excluding hydrogens is 232 g/mol. The second kappa shape index (κ2) is 15.1. The van der Waals surface area contributed by atoms with E-state index in [9.17, 15) is 0 Å². The van der Waals surface area contributed by atoms with Gasteiger partial charge >= 0.3 is 0 Å². The summed E-state index contributed by atoms with van der Waals surface area (Å²) in [6.45, 7) is 5.34. The average molecular weight is 257 g/mol. The Labute approximate surface area is 105 Å². The van der Waals surface area contributed by atoms with E-state index in [4.69, 9.17) is 19.9 Å². The molecule has 2 N–H and O–H groups in total. The molecule has 0 atom stereocenters. The van der Waals surface area contributed by atoms with E-state index in [1.165, 1.54) is 0 Å². The van der Waals surface area contributed by atoms with E-state index in [2.05, 4.69) is 4.90 Å². The van der Waals surface area contributed by atoms with Gasteiger partial charge in [-0.15, -0.1) is 12.4 Å². The van der Waals surface area contributed by atoms with Gasteiger partial charge in [-0.05, 0) is 14.1 Å². The van der Waals surface area contributed by atoms with E-state index < -0.39 is 0 Å². The summed E-state index contributed by atoms with van der Waals surface area (Å²) >= 11 is 0. The van der Waals surface area contributed by atoms with Crippen LogP contribution in [0.1, 0.15) is 0 Å². The maximum absolute atomic E-state index is 5.34. The summed E-state index contributed by atoms with van der Waals surface area (Å²) in [7, 11) is 4.04. The minimum absolute atomic E-state index is 0. The van der Waals surface area contributed by atoms with Crippen molar-refractivity contribution >= 4 is 12.4 Å². The number of hydrogen-bond donors (Lipinski definition) is 1. The summed E-state index contributed by atoms with van der Waals surface area (Å²) in [6.07, 6.45) is 0. The lowest BCUT2D eigenvalue weighted by atomic mass is 10.6. The Bertz CT molecular complexity index is 129. The highest BCUT2D eigenvalue weighted by Gasteiger charge is 1.92. The molecule has 0 unspecified atom stereocenters. The van der Waals surface area contributed by atoms with Crippen LogP contribution >= 0.6 is 12.4 Å². The quantitative estimate of drug-likeness (QED) is 0.527. The van der Waals surface area contributed by atoms with Gasteiger partial charge in [0, 0.05) is 13.1 Å². The molecular formula is C10H25ClN2O3. The Kier molecular flexibility index (Phi) is 17.4. The Morgan fingerprint density at radius 1 is 0.812 bits per heavy atom. The van der Waals surface area contributed by atoms with Gasteiger partial charge in [0.05, 0.1) is 39.6 Å². The Hall–Kier alpha value is 0.0900. The van der Waals surface area contributed by atoms with Crippen molar-refractivity contribution in [1.29, 1.82) is 0 Å². The summed E-state index contributed by atoms with van der Waals surface area (Å²) in [5.41, 5.74) is 5.26. The zero-order chi connectivity index (χ0) is 11.4. The maximum Gasteiger partial charge on any atom is 0.0701 e. The summed E-state index contributed by atoms with van der Waals surface area (Å²) in [5, 5.41) is 0. The first-order chi connectivity index (χ1) is 7.27. The van der Waals surface area contributed by atoms with E-state index in [1.54, 1.807) is 0 Å². The molecule has 0 aromatic heterocycles. The Morgan fingerprint density at radius 3 is 1.69 bits per heavy atom. The lowest BCUT2D eigenvalue weighted by Gasteiger charge is -2.10. The number of likely N-dealkylation sites (N-methyl/N-ethyl adjacent to an activating group) is 1. The first-order valence-electron chi connectivity index (χ1n) is 5.35. The monoisotopic (exact) mass is 256 g/mol. The first-order valence-corrected chi connectivity index (χ1v) is 5.35. The molecule has 16 heavy (non-hydrogen) atoms. The van der Waals surface area contributed by atoms with Crippen molar-refractivity contribution in [2.75, 3.05) is 66.8 Å². The first kappa shape index (κ1) is 18.5. The molecule has 0 fully saturated rings. The third-order valence-electron chi connectivity index (χ3n) is 1.69. The van der Waals surface area contributed by atoms with E-state index in [1.807, 2.05) is 14.1 Å². The molecule has 6 heteroatoms. The smallest absolute Gasteiger partial charge is 0.0701 e. The number of ether oxygens (including phenoxy) is 3. The van der Waals surface area contributed by atoms with Crippen LogP contribution in [0, 0.1) is 0 Å². The highest BCUT2D eigenvalue weighted by Crippen LogP contribution is 1.82. The molecule has 0 spiro atoms. The van der Waals surface area contributed by atoms with Gasteiger partial charge in [0.15, 0.2) is 0 Å². The van der Waals surface area contributed by atoms with E-state index >= 15 is 0 Å². The molecule has 0 aliphatic heterocycles. The van der Waals surface area contributed by atoms with Gasteiger partial charge in [0.1, 0.15) is 0 Å². The summed E-state index contributed by atoms with van der Waals surface area (Å²) in [5.74, 6) is 0. The van der Waals surface area contributed by atoms with E-state index in [0.717, 1.165) is 13.2 Å². The molecule has 5 nitrogen and oxygen atoms in total. The van der Waals surface area contributed by atoms with Crippen LogP contribution in [0.5, 0.6) is 0 Å². The van der Waals surface area contributed by atoms with E-state index in [0.29, 0.717) is 39.6 Å². The van der Waals surface area contributed by atoms with E-state index in [-0.39, 0.29) is 12.4 Å². The number of nitrogens with two attached hydrogens (primary N) is 1. The van der Waals surface area contributed by atoms with Crippen LogP contribution in [0.3, 0.4) is 0 Å². The van der Waals surface area contributed by atoms with Crippen molar-refractivity contribution in [3.8, 4) is 0 Å². The van der Waals surface area contributed by atoms with Crippen molar-refractivity contribution in [2.24, 2.45) is 5.73 Å². The highest BCUT2D eigenvalue weighted by atomic mass is 35.5. The zero-order valence-electron chi connectivity index (χ0n) is 10.3. The fraction of sp³-hybridized carbons (Fsp3) is 1.00. The number of hydrogen-bond acceptors (Lipinski definition) is 5. The van der Waals surface area contributed by atoms with Gasteiger partial charge < -0.3 is 24.8 Å². The van der Waals surface area contributed by atoms with Gasteiger partial charge in [-0.2, -0.15) is 0 Å². The zero-order valence-corrected chi connectivity index (χ0v) is 11.1. The van der Waals surface area contributed by atoms with Gasteiger partial charge in [-0.3, -0.25) is 0 Å². The van der Waals surface area contributed by atoms with Crippen LogP contribution in [0.2, 0.25) is 0 Å². The van der Waals surface area contributed by atoms with Gasteiger partial charge in [-0.25, -0.2) is 0 Å². The minimum Gasteiger partial charge on any atom is -0.378 e. The SMILES string of the molecule is CN(C)CCOCCOCCOCCN.Cl. The van der Waals surface area contributed by atoms with Gasteiger partial charge in [0.2, 0.25) is 0 Å². The fourth-order valence-corrected chi connectivity index (χ4v) is 0.872. The number of halogens is 1. The third kappa shape index (κ3) is 16.5. The molecule has 0 saturated heterocycles. The third-order valence-corrected chi connectivity index (χ3v) is 1.69. The molecule has 0 rings (SSSR count). The molecule has 0 aliphatic rings. The molecule has 0 aromatic rings. The molecule has 0 aromatic carbocycles. The molecule has 0 heterocycles. The molecule has 0 radical (unpaired) electrons. The van der Waals surface area contributed by atoms with Crippen molar-refractivity contribution in [3.63, 3.8) is 0 Å². The van der Waals surface area contributed by atoms with Gasteiger partial charge in [0.25, 0.3) is 0 Å². The predicted molar refractivity (Wildman–Crippen MR) is 67.3 cm³/mol. The normalized spacial score (nSPS) is 10.5. The number of rotatable bonds is 11. The van der Waals surface area contributed by atoms with Crippen LogP contribution in [0.4, 0.5) is 0 Å². The largest absolute Gasteiger partial charge is 0.378 e. The Morgan fingerprint density at radius 2 is 1.25 bits per heavy atom. The van der Waals surface area contributed by atoms with Crippen LogP contribution in [-0.2, 0) is 14.2 Å². The fourth-order valence-electron chi connectivity index (χ4n) is 0.872. The molecule has 0 aliphatic carbocycles. The standard InChI is InChI=1S/C10H24N2O3.ClH/c1-12(2)4-6-14-8-10-15-9-7-13-5-3-11;/h3-11H2,1-2H3;1H. The van der Waals surface area contributed by atoms with Crippen LogP contribution in [0.25, 0.3) is 0 Å². The predicted octanol–water partition coefficient (Wildman–Crippen LogP) is -0.0217. The summed E-state index contributed by atoms with van der Waals surface area (Å²) < 4.78 is 15.8. The second-order valence-electron chi connectivity index (χ2n) is 3.43.